The largest absolute Gasteiger partial charge is 0.284 e. The van der Waals surface area contributed by atoms with Crippen molar-refractivity contribution in [1.82, 2.24) is 14.4 Å². The van der Waals surface area contributed by atoms with Crippen LogP contribution < -0.4 is 0 Å². The van der Waals surface area contributed by atoms with Crippen LogP contribution >= 0.6 is 0 Å². The van der Waals surface area contributed by atoms with Crippen LogP contribution in [0.5, 0.6) is 0 Å². The summed E-state index contributed by atoms with van der Waals surface area (Å²) in [5.74, 6) is 0. The van der Waals surface area contributed by atoms with E-state index in [9.17, 15) is 0 Å². The lowest BCUT2D eigenvalue weighted by Gasteiger charge is -1.93. The summed E-state index contributed by atoms with van der Waals surface area (Å²) in [6.45, 7) is 2.05. The molecule has 0 spiro atoms. The zero-order valence-electron chi connectivity index (χ0n) is 7.81. The molecule has 3 rings (SSSR count). The second kappa shape index (κ2) is 2.54. The summed E-state index contributed by atoms with van der Waals surface area (Å²) >= 11 is 0. The molecule has 3 aromatic rings. The first-order chi connectivity index (χ1) is 6.86. The van der Waals surface area contributed by atoms with Crippen LogP contribution in [0.15, 0.2) is 36.7 Å². The fraction of sp³-hybridized carbons (Fsp3) is 0.0909. The van der Waals surface area contributed by atoms with Gasteiger partial charge < -0.3 is 0 Å². The minimum atomic E-state index is 0.931. The molecule has 3 heteroatoms. The van der Waals surface area contributed by atoms with Crippen molar-refractivity contribution < 1.29 is 0 Å². The molecule has 0 N–H and O–H groups in total. The SMILES string of the molecule is Cc1ccnc2c1nc1ccccn12. The highest BCUT2D eigenvalue weighted by Crippen LogP contribution is 2.16. The molecule has 0 atom stereocenters. The van der Waals surface area contributed by atoms with E-state index < -0.39 is 0 Å². The number of hydrogen-bond donors (Lipinski definition) is 0. The van der Waals surface area contributed by atoms with Gasteiger partial charge in [-0.3, -0.25) is 4.40 Å². The third-order valence-electron chi connectivity index (χ3n) is 2.40. The average molecular weight is 183 g/mol. The fourth-order valence-electron chi connectivity index (χ4n) is 1.67. The number of aromatic nitrogens is 3. The molecule has 0 amide bonds. The normalized spacial score (nSPS) is 11.2. The first-order valence-electron chi connectivity index (χ1n) is 4.55. The molecule has 0 aliphatic heterocycles. The lowest BCUT2D eigenvalue weighted by molar-refractivity contribution is 1.18. The Labute approximate surface area is 81.0 Å². The van der Waals surface area contributed by atoms with E-state index in [4.69, 9.17) is 0 Å². The van der Waals surface area contributed by atoms with Crippen LogP contribution in [-0.4, -0.2) is 14.4 Å². The van der Waals surface area contributed by atoms with Crippen LogP contribution in [-0.2, 0) is 0 Å². The Hall–Kier alpha value is -1.90. The van der Waals surface area contributed by atoms with Crippen molar-refractivity contribution in [2.45, 2.75) is 6.92 Å². The molecule has 3 aromatic heterocycles. The van der Waals surface area contributed by atoms with E-state index in [0.29, 0.717) is 0 Å². The van der Waals surface area contributed by atoms with Gasteiger partial charge in [0.2, 0.25) is 0 Å². The first kappa shape index (κ1) is 7.50. The molecule has 0 saturated heterocycles. The molecule has 14 heavy (non-hydrogen) atoms. The van der Waals surface area contributed by atoms with Crippen LogP contribution in [0.4, 0.5) is 0 Å². The van der Waals surface area contributed by atoms with E-state index in [-0.39, 0.29) is 0 Å². The summed E-state index contributed by atoms with van der Waals surface area (Å²) in [5, 5.41) is 0. The maximum atomic E-state index is 4.52. The van der Waals surface area contributed by atoms with Gasteiger partial charge in [-0.05, 0) is 30.7 Å². The molecule has 3 heterocycles. The fourth-order valence-corrected chi connectivity index (χ4v) is 1.67. The Bertz CT molecular complexity index is 610. The highest BCUT2D eigenvalue weighted by molar-refractivity contribution is 5.79. The number of fused-ring (bicyclic) bond motifs is 3. The van der Waals surface area contributed by atoms with Crippen LogP contribution in [0.1, 0.15) is 5.56 Å². The number of aryl methyl sites for hydroxylation is 1. The van der Waals surface area contributed by atoms with Crippen LogP contribution in [0.25, 0.3) is 16.8 Å². The predicted octanol–water partition coefficient (Wildman–Crippen LogP) is 2.19. The quantitative estimate of drug-likeness (QED) is 0.534. The van der Waals surface area contributed by atoms with Gasteiger partial charge in [-0.1, -0.05) is 6.07 Å². The predicted molar refractivity (Wildman–Crippen MR) is 55.2 cm³/mol. The Kier molecular flexibility index (Phi) is 1.36. The molecule has 0 radical (unpaired) electrons. The van der Waals surface area contributed by atoms with E-state index >= 15 is 0 Å². The van der Waals surface area contributed by atoms with Crippen molar-refractivity contribution in [3.8, 4) is 0 Å². The summed E-state index contributed by atoms with van der Waals surface area (Å²) in [4.78, 5) is 8.85. The van der Waals surface area contributed by atoms with Gasteiger partial charge in [0.15, 0.2) is 5.65 Å². The van der Waals surface area contributed by atoms with Gasteiger partial charge in [-0.25, -0.2) is 9.97 Å². The minimum Gasteiger partial charge on any atom is -0.284 e. The first-order valence-corrected chi connectivity index (χ1v) is 4.55. The zero-order chi connectivity index (χ0) is 9.54. The molecule has 0 unspecified atom stereocenters. The summed E-state index contributed by atoms with van der Waals surface area (Å²) < 4.78 is 2.00. The molecular formula is C11H9N3. The topological polar surface area (TPSA) is 30.2 Å². The van der Waals surface area contributed by atoms with E-state index in [1.807, 2.05) is 41.1 Å². The van der Waals surface area contributed by atoms with Crippen molar-refractivity contribution in [3.63, 3.8) is 0 Å². The molecule has 68 valence electrons. The smallest absolute Gasteiger partial charge is 0.164 e. The minimum absolute atomic E-state index is 0.931. The summed E-state index contributed by atoms with van der Waals surface area (Å²) in [7, 11) is 0. The maximum absolute atomic E-state index is 4.52. The van der Waals surface area contributed by atoms with E-state index in [2.05, 4.69) is 16.9 Å². The molecule has 0 aliphatic rings. The Balaban J connectivity index is 2.63. The van der Waals surface area contributed by atoms with Gasteiger partial charge in [0, 0.05) is 12.4 Å². The Morgan fingerprint density at radius 1 is 1.21 bits per heavy atom. The second-order valence-electron chi connectivity index (χ2n) is 3.34. The van der Waals surface area contributed by atoms with Crippen LogP contribution in [0.3, 0.4) is 0 Å². The second-order valence-corrected chi connectivity index (χ2v) is 3.34. The molecule has 0 aliphatic carbocycles. The lowest BCUT2D eigenvalue weighted by Crippen LogP contribution is -1.85. The van der Waals surface area contributed by atoms with Crippen molar-refractivity contribution in [2.75, 3.05) is 0 Å². The Morgan fingerprint density at radius 2 is 2.14 bits per heavy atom. The van der Waals surface area contributed by atoms with Crippen molar-refractivity contribution in [3.05, 3.63) is 42.2 Å². The van der Waals surface area contributed by atoms with Gasteiger partial charge in [0.1, 0.15) is 11.2 Å². The summed E-state index contributed by atoms with van der Waals surface area (Å²) in [5.41, 5.74) is 4.03. The monoisotopic (exact) mass is 183 g/mol. The highest BCUT2D eigenvalue weighted by atomic mass is 15.1. The zero-order valence-corrected chi connectivity index (χ0v) is 7.81. The van der Waals surface area contributed by atoms with Gasteiger partial charge in [0.05, 0.1) is 0 Å². The Morgan fingerprint density at radius 3 is 3.07 bits per heavy atom. The number of hydrogen-bond acceptors (Lipinski definition) is 2. The van der Waals surface area contributed by atoms with Crippen LogP contribution in [0.2, 0.25) is 0 Å². The molecule has 0 saturated carbocycles. The average Bonchev–Trinajstić information content (AvgIpc) is 2.59. The highest BCUT2D eigenvalue weighted by Gasteiger charge is 2.05. The van der Waals surface area contributed by atoms with E-state index in [1.54, 1.807) is 0 Å². The van der Waals surface area contributed by atoms with Crippen LogP contribution in [0, 0.1) is 6.92 Å². The van der Waals surface area contributed by atoms with Gasteiger partial charge in [-0.15, -0.1) is 0 Å². The molecule has 0 aromatic carbocycles. The molecule has 0 bridgehead atoms. The van der Waals surface area contributed by atoms with Gasteiger partial charge in [0.25, 0.3) is 0 Å². The van der Waals surface area contributed by atoms with E-state index in [1.165, 1.54) is 5.56 Å². The summed E-state index contributed by atoms with van der Waals surface area (Å²) in [6.07, 6.45) is 3.80. The molecule has 0 fully saturated rings. The van der Waals surface area contributed by atoms with Crippen molar-refractivity contribution in [2.24, 2.45) is 0 Å². The maximum Gasteiger partial charge on any atom is 0.164 e. The number of pyridine rings is 2. The van der Waals surface area contributed by atoms with Gasteiger partial charge in [-0.2, -0.15) is 0 Å². The third kappa shape index (κ3) is 0.865. The number of imidazole rings is 1. The lowest BCUT2D eigenvalue weighted by atomic mass is 10.3. The summed E-state index contributed by atoms with van der Waals surface area (Å²) in [6, 6.07) is 7.94. The van der Waals surface area contributed by atoms with E-state index in [0.717, 1.165) is 16.8 Å². The van der Waals surface area contributed by atoms with Crippen molar-refractivity contribution >= 4 is 16.8 Å². The standard InChI is InChI=1S/C11H9N3/c1-8-5-6-12-11-10(8)13-9-4-2-3-7-14(9)11/h2-7H,1H3. The van der Waals surface area contributed by atoms with Crippen molar-refractivity contribution in [1.29, 1.82) is 0 Å². The third-order valence-corrected chi connectivity index (χ3v) is 2.40. The molecule has 3 nitrogen and oxygen atoms in total. The number of nitrogens with zero attached hydrogens (tertiary/aromatic N) is 3. The van der Waals surface area contributed by atoms with Gasteiger partial charge >= 0.3 is 0 Å². The molecular weight excluding hydrogens is 174 g/mol. The number of rotatable bonds is 0.